The number of ketones is 1. The second kappa shape index (κ2) is 7.94. The minimum atomic E-state index is 0.190. The summed E-state index contributed by atoms with van der Waals surface area (Å²) >= 11 is 0. The quantitative estimate of drug-likeness (QED) is 0.649. The van der Waals surface area contributed by atoms with Crippen LogP contribution in [0.25, 0.3) is 0 Å². The van der Waals surface area contributed by atoms with Gasteiger partial charge < -0.3 is 10.5 Å². The Bertz CT molecular complexity index is 157. The number of hydrogen-bond donors (Lipinski definition) is 1. The summed E-state index contributed by atoms with van der Waals surface area (Å²) in [5.41, 5.74) is 5.52. The van der Waals surface area contributed by atoms with Crippen LogP contribution in [0.5, 0.6) is 0 Å². The molecule has 0 amide bonds. The molecule has 0 aliphatic rings. The number of hydrogen-bond acceptors (Lipinski definition) is 3. The molecule has 0 rings (SSSR count). The van der Waals surface area contributed by atoms with Crippen LogP contribution < -0.4 is 5.73 Å². The van der Waals surface area contributed by atoms with Gasteiger partial charge >= 0.3 is 0 Å². The normalized spacial score (nSPS) is 13.2. The smallest absolute Gasteiger partial charge is 0.158 e. The summed E-state index contributed by atoms with van der Waals surface area (Å²) in [6, 6.07) is 0. The Balaban J connectivity index is 3.75. The first-order valence-corrected chi connectivity index (χ1v) is 5.32. The molecule has 0 aromatic rings. The van der Waals surface area contributed by atoms with Crippen molar-refractivity contribution in [2.45, 2.75) is 33.1 Å². The summed E-state index contributed by atoms with van der Waals surface area (Å²) in [4.78, 5) is 11.2. The van der Waals surface area contributed by atoms with Crippen LogP contribution in [0.1, 0.15) is 33.1 Å². The zero-order valence-corrected chi connectivity index (χ0v) is 9.58. The molecule has 14 heavy (non-hydrogen) atoms. The average Bonchev–Trinajstić information content (AvgIpc) is 2.12. The molecule has 0 saturated carbocycles. The van der Waals surface area contributed by atoms with Crippen molar-refractivity contribution >= 4 is 5.78 Å². The van der Waals surface area contributed by atoms with Crippen LogP contribution >= 0.6 is 0 Å². The first-order valence-electron chi connectivity index (χ1n) is 5.32. The lowest BCUT2D eigenvalue weighted by molar-refractivity contribution is -0.123. The SMILES string of the molecule is COCC(=O)CCC(CCN)C(C)C. The van der Waals surface area contributed by atoms with Gasteiger partial charge in [-0.15, -0.1) is 0 Å². The molecule has 3 heteroatoms. The molecule has 0 aromatic carbocycles. The van der Waals surface area contributed by atoms with Crippen molar-refractivity contribution in [3.05, 3.63) is 0 Å². The lowest BCUT2D eigenvalue weighted by Gasteiger charge is -2.19. The summed E-state index contributed by atoms with van der Waals surface area (Å²) < 4.78 is 4.78. The van der Waals surface area contributed by atoms with Gasteiger partial charge in [-0.25, -0.2) is 0 Å². The number of ether oxygens (including phenoxy) is 1. The first-order chi connectivity index (χ1) is 6.61. The molecule has 0 spiro atoms. The predicted molar refractivity (Wildman–Crippen MR) is 58.1 cm³/mol. The second-order valence-corrected chi connectivity index (χ2v) is 4.09. The molecular formula is C11H23NO2. The fourth-order valence-electron chi connectivity index (χ4n) is 1.60. The number of rotatable bonds is 8. The molecule has 0 aliphatic carbocycles. The maximum absolute atomic E-state index is 11.2. The Hall–Kier alpha value is -0.410. The van der Waals surface area contributed by atoms with Gasteiger partial charge in [-0.3, -0.25) is 4.79 Å². The van der Waals surface area contributed by atoms with Crippen molar-refractivity contribution in [3.63, 3.8) is 0 Å². The molecule has 0 radical (unpaired) electrons. The molecule has 2 N–H and O–H groups in total. The van der Waals surface area contributed by atoms with Gasteiger partial charge in [0.2, 0.25) is 0 Å². The average molecular weight is 201 g/mol. The fourth-order valence-corrected chi connectivity index (χ4v) is 1.60. The molecule has 0 heterocycles. The summed E-state index contributed by atoms with van der Waals surface area (Å²) in [6.45, 7) is 5.32. The zero-order chi connectivity index (χ0) is 11.0. The molecule has 0 fully saturated rings. The molecule has 0 aromatic heterocycles. The van der Waals surface area contributed by atoms with Crippen LogP contribution in [-0.2, 0) is 9.53 Å². The Morgan fingerprint density at radius 1 is 1.36 bits per heavy atom. The largest absolute Gasteiger partial charge is 0.377 e. The van der Waals surface area contributed by atoms with E-state index in [-0.39, 0.29) is 12.4 Å². The number of Topliss-reactive ketones (excluding diaryl/α,β-unsaturated/α-hetero) is 1. The van der Waals surface area contributed by atoms with Crippen LogP contribution in [0.4, 0.5) is 0 Å². The topological polar surface area (TPSA) is 52.3 Å². The zero-order valence-electron chi connectivity index (χ0n) is 9.58. The Morgan fingerprint density at radius 2 is 2.00 bits per heavy atom. The number of carbonyl (C=O) groups is 1. The van der Waals surface area contributed by atoms with E-state index in [1.807, 2.05) is 0 Å². The molecule has 84 valence electrons. The number of carbonyl (C=O) groups excluding carboxylic acids is 1. The van der Waals surface area contributed by atoms with E-state index in [0.717, 1.165) is 12.8 Å². The fraction of sp³-hybridized carbons (Fsp3) is 0.909. The van der Waals surface area contributed by atoms with E-state index in [1.54, 1.807) is 7.11 Å². The van der Waals surface area contributed by atoms with Crippen molar-refractivity contribution < 1.29 is 9.53 Å². The van der Waals surface area contributed by atoms with E-state index < -0.39 is 0 Å². The van der Waals surface area contributed by atoms with Crippen LogP contribution in [-0.4, -0.2) is 26.0 Å². The monoisotopic (exact) mass is 201 g/mol. The van der Waals surface area contributed by atoms with E-state index in [1.165, 1.54) is 0 Å². The highest BCUT2D eigenvalue weighted by Gasteiger charge is 2.14. The van der Waals surface area contributed by atoms with Gasteiger partial charge in [-0.2, -0.15) is 0 Å². The Labute approximate surface area is 87.0 Å². The first kappa shape index (κ1) is 13.6. The van der Waals surface area contributed by atoms with Gasteiger partial charge in [0.15, 0.2) is 5.78 Å². The van der Waals surface area contributed by atoms with Crippen LogP contribution in [0.15, 0.2) is 0 Å². The van der Waals surface area contributed by atoms with Crippen molar-refractivity contribution in [3.8, 4) is 0 Å². The van der Waals surface area contributed by atoms with Crippen molar-refractivity contribution in [1.82, 2.24) is 0 Å². The third-order valence-electron chi connectivity index (χ3n) is 2.58. The van der Waals surface area contributed by atoms with Gasteiger partial charge in [-0.1, -0.05) is 13.8 Å². The summed E-state index contributed by atoms with van der Waals surface area (Å²) in [6.07, 6.45) is 2.58. The number of methoxy groups -OCH3 is 1. The third-order valence-corrected chi connectivity index (χ3v) is 2.58. The summed E-state index contributed by atoms with van der Waals surface area (Å²) in [5.74, 6) is 1.37. The molecule has 1 atom stereocenters. The standard InChI is InChI=1S/C11H23NO2/c1-9(2)10(6-7-12)4-5-11(13)8-14-3/h9-10H,4-8,12H2,1-3H3. The summed E-state index contributed by atoms with van der Waals surface area (Å²) in [7, 11) is 1.55. The molecule has 1 unspecified atom stereocenters. The molecule has 3 nitrogen and oxygen atoms in total. The van der Waals surface area contributed by atoms with Gasteiger partial charge in [0, 0.05) is 13.5 Å². The molecule has 0 bridgehead atoms. The lowest BCUT2D eigenvalue weighted by Crippen LogP contribution is -2.17. The highest BCUT2D eigenvalue weighted by atomic mass is 16.5. The van der Waals surface area contributed by atoms with Gasteiger partial charge in [0.25, 0.3) is 0 Å². The van der Waals surface area contributed by atoms with Gasteiger partial charge in [0.05, 0.1) is 0 Å². The van der Waals surface area contributed by atoms with Crippen molar-refractivity contribution in [2.75, 3.05) is 20.3 Å². The molecule has 0 saturated heterocycles. The third kappa shape index (κ3) is 6.11. The van der Waals surface area contributed by atoms with Crippen molar-refractivity contribution in [1.29, 1.82) is 0 Å². The minimum Gasteiger partial charge on any atom is -0.377 e. The number of nitrogens with two attached hydrogens (primary N) is 1. The second-order valence-electron chi connectivity index (χ2n) is 4.09. The highest BCUT2D eigenvalue weighted by molar-refractivity contribution is 5.79. The maximum Gasteiger partial charge on any atom is 0.158 e. The van der Waals surface area contributed by atoms with Crippen molar-refractivity contribution in [2.24, 2.45) is 17.6 Å². The van der Waals surface area contributed by atoms with Gasteiger partial charge in [0.1, 0.15) is 6.61 Å². The minimum absolute atomic E-state index is 0.190. The van der Waals surface area contributed by atoms with E-state index in [4.69, 9.17) is 10.5 Å². The maximum atomic E-state index is 11.2. The van der Waals surface area contributed by atoms with Crippen LogP contribution in [0, 0.1) is 11.8 Å². The summed E-state index contributed by atoms with van der Waals surface area (Å²) in [5, 5.41) is 0. The Morgan fingerprint density at radius 3 is 2.43 bits per heavy atom. The predicted octanol–water partition coefficient (Wildman–Crippen LogP) is 1.60. The van der Waals surface area contributed by atoms with E-state index >= 15 is 0 Å². The van der Waals surface area contributed by atoms with Crippen LogP contribution in [0.3, 0.4) is 0 Å². The Kier molecular flexibility index (Phi) is 7.71. The molecule has 0 aliphatic heterocycles. The molecular weight excluding hydrogens is 178 g/mol. The van der Waals surface area contributed by atoms with Gasteiger partial charge in [-0.05, 0) is 31.2 Å². The van der Waals surface area contributed by atoms with E-state index in [9.17, 15) is 4.79 Å². The van der Waals surface area contributed by atoms with E-state index in [2.05, 4.69) is 13.8 Å². The van der Waals surface area contributed by atoms with Crippen LogP contribution in [0.2, 0.25) is 0 Å². The highest BCUT2D eigenvalue weighted by Crippen LogP contribution is 2.20. The van der Waals surface area contributed by atoms with E-state index in [0.29, 0.717) is 24.8 Å². The lowest BCUT2D eigenvalue weighted by atomic mass is 9.88.